The van der Waals surface area contributed by atoms with Crippen LogP contribution in [0.2, 0.25) is 0 Å². The van der Waals surface area contributed by atoms with Crippen LogP contribution in [-0.4, -0.2) is 16.5 Å². The minimum Gasteiger partial charge on any atom is -0.290 e. The van der Waals surface area contributed by atoms with Crippen LogP contribution in [0, 0.1) is 5.92 Å². The van der Waals surface area contributed by atoms with E-state index >= 15 is 0 Å². The molecule has 4 heteroatoms. The highest BCUT2D eigenvalue weighted by Crippen LogP contribution is 1.91. The molecule has 0 radical (unpaired) electrons. The molecule has 0 aromatic carbocycles. The molecule has 1 aromatic rings. The number of anilines is 1. The van der Waals surface area contributed by atoms with Gasteiger partial charge in [-0.1, -0.05) is 13.8 Å². The van der Waals surface area contributed by atoms with E-state index in [-0.39, 0.29) is 0 Å². The number of aromatic nitrogens is 2. The van der Waals surface area contributed by atoms with Gasteiger partial charge in [0.05, 0.1) is 0 Å². The van der Waals surface area contributed by atoms with Gasteiger partial charge in [-0.25, -0.2) is 15.4 Å². The molecular formula is C8H14N4. The SMILES string of the molecule is CC(C)CNNc1ncccn1. The van der Waals surface area contributed by atoms with Gasteiger partial charge in [0, 0.05) is 18.9 Å². The number of hydrogen-bond donors (Lipinski definition) is 2. The molecule has 0 atom stereocenters. The lowest BCUT2D eigenvalue weighted by atomic mass is 10.2. The number of rotatable bonds is 4. The third-order valence-electron chi connectivity index (χ3n) is 1.28. The molecular weight excluding hydrogens is 152 g/mol. The summed E-state index contributed by atoms with van der Waals surface area (Å²) in [6.07, 6.45) is 3.40. The van der Waals surface area contributed by atoms with Crippen molar-refractivity contribution < 1.29 is 0 Å². The van der Waals surface area contributed by atoms with Gasteiger partial charge in [0.1, 0.15) is 0 Å². The van der Waals surface area contributed by atoms with Gasteiger partial charge in [0.2, 0.25) is 5.95 Å². The predicted molar refractivity (Wildman–Crippen MR) is 48.5 cm³/mol. The molecule has 0 saturated heterocycles. The molecule has 0 amide bonds. The van der Waals surface area contributed by atoms with E-state index in [1.165, 1.54) is 0 Å². The van der Waals surface area contributed by atoms with Crippen LogP contribution in [0.25, 0.3) is 0 Å². The van der Waals surface area contributed by atoms with Crippen molar-refractivity contribution in [1.29, 1.82) is 0 Å². The summed E-state index contributed by atoms with van der Waals surface area (Å²) in [7, 11) is 0. The summed E-state index contributed by atoms with van der Waals surface area (Å²) in [5.74, 6) is 1.22. The Morgan fingerprint density at radius 2 is 2.00 bits per heavy atom. The summed E-state index contributed by atoms with van der Waals surface area (Å²) in [6.45, 7) is 5.18. The standard InChI is InChI=1S/C8H14N4/c1-7(2)6-11-12-8-9-4-3-5-10-8/h3-5,7,11H,6H2,1-2H3,(H,9,10,12). The van der Waals surface area contributed by atoms with Crippen LogP contribution in [0.1, 0.15) is 13.8 Å². The highest BCUT2D eigenvalue weighted by atomic mass is 15.4. The molecule has 0 saturated carbocycles. The van der Waals surface area contributed by atoms with Crippen LogP contribution in [0.5, 0.6) is 0 Å². The summed E-state index contributed by atoms with van der Waals surface area (Å²) < 4.78 is 0. The number of hydrogen-bond acceptors (Lipinski definition) is 4. The maximum atomic E-state index is 3.99. The van der Waals surface area contributed by atoms with E-state index in [1.807, 2.05) is 0 Å². The van der Waals surface area contributed by atoms with E-state index < -0.39 is 0 Å². The lowest BCUT2D eigenvalue weighted by Gasteiger charge is -2.07. The molecule has 66 valence electrons. The van der Waals surface area contributed by atoms with Crippen LogP contribution < -0.4 is 10.9 Å². The quantitative estimate of drug-likeness (QED) is 0.656. The van der Waals surface area contributed by atoms with Crippen LogP contribution >= 0.6 is 0 Å². The van der Waals surface area contributed by atoms with Crippen molar-refractivity contribution in [3.63, 3.8) is 0 Å². The Morgan fingerprint density at radius 3 is 2.58 bits per heavy atom. The Labute approximate surface area is 72.4 Å². The Bertz CT molecular complexity index is 210. The Kier molecular flexibility index (Phi) is 3.47. The first-order chi connectivity index (χ1) is 5.79. The fourth-order valence-corrected chi connectivity index (χ4v) is 0.698. The first kappa shape index (κ1) is 8.93. The van der Waals surface area contributed by atoms with E-state index in [0.717, 1.165) is 6.54 Å². The van der Waals surface area contributed by atoms with Gasteiger partial charge in [-0.3, -0.25) is 5.43 Å². The fourth-order valence-electron chi connectivity index (χ4n) is 0.698. The maximum Gasteiger partial charge on any atom is 0.237 e. The van der Waals surface area contributed by atoms with Crippen molar-refractivity contribution >= 4 is 5.95 Å². The van der Waals surface area contributed by atoms with E-state index in [0.29, 0.717) is 11.9 Å². The van der Waals surface area contributed by atoms with Crippen molar-refractivity contribution in [2.24, 2.45) is 5.92 Å². The monoisotopic (exact) mass is 166 g/mol. The third kappa shape index (κ3) is 3.30. The van der Waals surface area contributed by atoms with Crippen LogP contribution in [-0.2, 0) is 0 Å². The summed E-state index contributed by atoms with van der Waals surface area (Å²) in [5.41, 5.74) is 5.93. The van der Waals surface area contributed by atoms with E-state index in [4.69, 9.17) is 0 Å². The molecule has 1 aromatic heterocycles. The molecule has 12 heavy (non-hydrogen) atoms. The Balaban J connectivity index is 2.25. The topological polar surface area (TPSA) is 49.8 Å². The molecule has 0 aliphatic heterocycles. The highest BCUT2D eigenvalue weighted by molar-refractivity contribution is 5.19. The van der Waals surface area contributed by atoms with Crippen molar-refractivity contribution in [2.45, 2.75) is 13.8 Å². The average molecular weight is 166 g/mol. The molecule has 2 N–H and O–H groups in total. The first-order valence-electron chi connectivity index (χ1n) is 4.05. The second kappa shape index (κ2) is 4.66. The average Bonchev–Trinajstić information content (AvgIpc) is 2.05. The second-order valence-electron chi connectivity index (χ2n) is 2.97. The van der Waals surface area contributed by atoms with Crippen molar-refractivity contribution in [1.82, 2.24) is 15.4 Å². The summed E-state index contributed by atoms with van der Waals surface area (Å²) in [6, 6.07) is 1.79. The summed E-state index contributed by atoms with van der Waals surface area (Å²) >= 11 is 0. The summed E-state index contributed by atoms with van der Waals surface area (Å²) in [5, 5.41) is 0. The van der Waals surface area contributed by atoms with Crippen LogP contribution in [0.3, 0.4) is 0 Å². The minimum absolute atomic E-state index is 0.609. The molecule has 4 nitrogen and oxygen atoms in total. The highest BCUT2D eigenvalue weighted by Gasteiger charge is 1.93. The fraction of sp³-hybridized carbons (Fsp3) is 0.500. The van der Waals surface area contributed by atoms with Crippen LogP contribution in [0.15, 0.2) is 18.5 Å². The maximum absolute atomic E-state index is 3.99. The number of nitrogens with one attached hydrogen (secondary N) is 2. The largest absolute Gasteiger partial charge is 0.290 e. The van der Waals surface area contributed by atoms with Crippen molar-refractivity contribution in [2.75, 3.05) is 12.0 Å². The van der Waals surface area contributed by atoms with Gasteiger partial charge < -0.3 is 0 Å². The molecule has 0 unspecified atom stereocenters. The molecule has 0 bridgehead atoms. The minimum atomic E-state index is 0.609. The zero-order valence-corrected chi connectivity index (χ0v) is 7.41. The molecule has 0 spiro atoms. The molecule has 0 aliphatic rings. The Hall–Kier alpha value is -1.16. The lowest BCUT2D eigenvalue weighted by molar-refractivity contribution is 0.588. The zero-order chi connectivity index (χ0) is 8.81. The smallest absolute Gasteiger partial charge is 0.237 e. The van der Waals surface area contributed by atoms with Crippen molar-refractivity contribution in [3.8, 4) is 0 Å². The van der Waals surface area contributed by atoms with Gasteiger partial charge in [-0.15, -0.1) is 0 Å². The van der Waals surface area contributed by atoms with Gasteiger partial charge in [-0.2, -0.15) is 0 Å². The van der Waals surface area contributed by atoms with E-state index in [9.17, 15) is 0 Å². The van der Waals surface area contributed by atoms with E-state index in [1.54, 1.807) is 18.5 Å². The molecule has 0 aliphatic carbocycles. The van der Waals surface area contributed by atoms with Gasteiger partial charge in [0.25, 0.3) is 0 Å². The van der Waals surface area contributed by atoms with Gasteiger partial charge in [-0.05, 0) is 12.0 Å². The zero-order valence-electron chi connectivity index (χ0n) is 7.41. The summed E-state index contributed by atoms with van der Waals surface area (Å²) in [4.78, 5) is 7.98. The van der Waals surface area contributed by atoms with Gasteiger partial charge in [0.15, 0.2) is 0 Å². The third-order valence-corrected chi connectivity index (χ3v) is 1.28. The Morgan fingerprint density at radius 1 is 1.33 bits per heavy atom. The number of hydrazine groups is 1. The molecule has 0 fully saturated rings. The van der Waals surface area contributed by atoms with Crippen LogP contribution in [0.4, 0.5) is 5.95 Å². The van der Waals surface area contributed by atoms with E-state index in [2.05, 4.69) is 34.7 Å². The molecule has 1 heterocycles. The van der Waals surface area contributed by atoms with Crippen molar-refractivity contribution in [3.05, 3.63) is 18.5 Å². The van der Waals surface area contributed by atoms with Gasteiger partial charge >= 0.3 is 0 Å². The second-order valence-corrected chi connectivity index (χ2v) is 2.97. The number of nitrogens with zero attached hydrogens (tertiary/aromatic N) is 2. The normalized spacial score (nSPS) is 10.2. The molecule has 1 rings (SSSR count). The lowest BCUT2D eigenvalue weighted by Crippen LogP contribution is -2.26. The predicted octanol–water partition coefficient (Wildman–Crippen LogP) is 1.05. The first-order valence-corrected chi connectivity index (χ1v) is 4.05.